The number of carbonyl (C=O) groups is 1. The number of aryl methyl sites for hydroxylation is 2. The smallest absolute Gasteiger partial charge is 0.406 e. The van der Waals surface area contributed by atoms with Gasteiger partial charge in [0.05, 0.1) is 11.2 Å². The molecule has 0 unspecified atom stereocenters. The van der Waals surface area contributed by atoms with Crippen LogP contribution in [0.1, 0.15) is 43.9 Å². The van der Waals surface area contributed by atoms with Crippen molar-refractivity contribution in [1.82, 2.24) is 20.1 Å². The van der Waals surface area contributed by atoms with E-state index in [1.54, 1.807) is 11.8 Å². The number of benzene rings is 3. The molecule has 1 aliphatic heterocycles. The molecule has 4 aromatic rings. The molecule has 0 radical (unpaired) electrons. The number of aliphatic imine (C=N–C) groups is 1. The van der Waals surface area contributed by atoms with Gasteiger partial charge in [0.1, 0.15) is 12.1 Å². The van der Waals surface area contributed by atoms with E-state index in [0.717, 1.165) is 42.0 Å². The lowest BCUT2D eigenvalue weighted by Gasteiger charge is -2.26. The van der Waals surface area contributed by atoms with Crippen LogP contribution in [0.4, 0.5) is 23.7 Å². The number of nitrogens with one attached hydrogen (secondary N) is 1. The Labute approximate surface area is 258 Å². The summed E-state index contributed by atoms with van der Waals surface area (Å²) >= 11 is 1.58. The summed E-state index contributed by atoms with van der Waals surface area (Å²) in [6, 6.07) is 18.9. The van der Waals surface area contributed by atoms with Crippen LogP contribution in [-0.2, 0) is 12.0 Å². The Morgan fingerprint density at radius 3 is 2.48 bits per heavy atom. The topological polar surface area (TPSA) is 84.6 Å². The zero-order valence-corrected chi connectivity index (χ0v) is 25.7. The van der Waals surface area contributed by atoms with E-state index < -0.39 is 17.9 Å². The molecule has 0 atom stereocenters. The SMILES string of the molecule is CCCc1ccc(C)cc1N1CCSC1=NC(=O)NC(C)(C)c1ccc(-c2ncn(-c3ccc(OC(F)(F)F)cc3)n2)cc1. The number of ether oxygens (including phenoxy) is 1. The van der Waals surface area contributed by atoms with E-state index >= 15 is 0 Å². The number of rotatable bonds is 8. The van der Waals surface area contributed by atoms with Crippen LogP contribution in [0.15, 0.2) is 78.0 Å². The third-order valence-electron chi connectivity index (χ3n) is 7.14. The van der Waals surface area contributed by atoms with Crippen LogP contribution in [0.2, 0.25) is 0 Å². The highest BCUT2D eigenvalue weighted by Gasteiger charge is 2.31. The molecule has 2 heterocycles. The lowest BCUT2D eigenvalue weighted by molar-refractivity contribution is -0.274. The van der Waals surface area contributed by atoms with Crippen molar-refractivity contribution in [1.29, 1.82) is 0 Å². The molecule has 8 nitrogen and oxygen atoms in total. The first-order valence-corrected chi connectivity index (χ1v) is 15.2. The van der Waals surface area contributed by atoms with E-state index in [1.165, 1.54) is 46.4 Å². The fraction of sp³-hybridized carbons (Fsp3) is 0.312. The van der Waals surface area contributed by atoms with Crippen molar-refractivity contribution in [2.45, 2.75) is 52.4 Å². The molecular weight excluding hydrogens is 589 g/mol. The van der Waals surface area contributed by atoms with Gasteiger partial charge in [0.25, 0.3) is 0 Å². The third kappa shape index (κ3) is 7.42. The fourth-order valence-electron chi connectivity index (χ4n) is 4.93. The van der Waals surface area contributed by atoms with Crippen molar-refractivity contribution in [2.75, 3.05) is 17.2 Å². The summed E-state index contributed by atoms with van der Waals surface area (Å²) in [5.41, 5.74) is 4.96. The predicted octanol–water partition coefficient (Wildman–Crippen LogP) is 7.65. The van der Waals surface area contributed by atoms with Crippen molar-refractivity contribution >= 4 is 28.6 Å². The van der Waals surface area contributed by atoms with Crippen LogP contribution in [0, 0.1) is 6.92 Å². The molecule has 1 fully saturated rings. The van der Waals surface area contributed by atoms with Crippen molar-refractivity contribution < 1.29 is 22.7 Å². The van der Waals surface area contributed by atoms with E-state index in [-0.39, 0.29) is 5.75 Å². The molecule has 0 spiro atoms. The summed E-state index contributed by atoms with van der Waals surface area (Å²) in [6.07, 6.45) is -1.27. The van der Waals surface area contributed by atoms with Gasteiger partial charge in [-0.2, -0.15) is 4.99 Å². The third-order valence-corrected chi connectivity index (χ3v) is 8.09. The molecule has 1 aliphatic rings. The number of alkyl halides is 3. The van der Waals surface area contributed by atoms with Gasteiger partial charge in [-0.3, -0.25) is 0 Å². The molecule has 1 saturated heterocycles. The molecule has 1 N–H and O–H groups in total. The largest absolute Gasteiger partial charge is 0.573 e. The quantitative estimate of drug-likeness (QED) is 0.217. The summed E-state index contributed by atoms with van der Waals surface area (Å²) in [5, 5.41) is 8.19. The molecule has 230 valence electrons. The monoisotopic (exact) mass is 622 g/mol. The Hall–Kier alpha value is -4.32. The first-order valence-electron chi connectivity index (χ1n) is 14.2. The molecule has 0 bridgehead atoms. The minimum atomic E-state index is -4.75. The Morgan fingerprint density at radius 2 is 1.80 bits per heavy atom. The number of thioether (sulfide) groups is 1. The number of nitrogens with zero attached hydrogens (tertiary/aromatic N) is 5. The molecule has 2 amide bonds. The van der Waals surface area contributed by atoms with E-state index in [2.05, 4.69) is 62.1 Å². The molecule has 1 aromatic heterocycles. The number of hydrogen-bond acceptors (Lipinski definition) is 5. The van der Waals surface area contributed by atoms with Crippen LogP contribution in [0.3, 0.4) is 0 Å². The Balaban J connectivity index is 1.26. The number of urea groups is 1. The minimum absolute atomic E-state index is 0.315. The second kappa shape index (κ2) is 12.7. The lowest BCUT2D eigenvalue weighted by atomic mass is 9.93. The highest BCUT2D eigenvalue weighted by Crippen LogP contribution is 2.31. The summed E-state index contributed by atoms with van der Waals surface area (Å²) in [6.45, 7) is 8.85. The standard InChI is InChI=1S/C32H33F3N6O2S/c1-5-6-22-8-7-21(2)19-27(22)40-17-18-44-30(40)37-29(42)38-31(3,4)24-11-9-23(10-12-24)28-36-20-41(39-28)25-13-15-26(16-14-25)43-32(33,34)35/h7-16,19-20H,5-6,17-18H2,1-4H3,(H,38,42). The predicted molar refractivity (Wildman–Crippen MR) is 167 cm³/mol. The number of aromatic nitrogens is 3. The number of amides is 2. The van der Waals surface area contributed by atoms with Crippen LogP contribution in [0.25, 0.3) is 17.1 Å². The highest BCUT2D eigenvalue weighted by molar-refractivity contribution is 8.14. The van der Waals surface area contributed by atoms with Gasteiger partial charge in [-0.1, -0.05) is 61.5 Å². The van der Waals surface area contributed by atoms with Gasteiger partial charge in [0.2, 0.25) is 0 Å². The zero-order chi connectivity index (χ0) is 31.5. The van der Waals surface area contributed by atoms with Crippen molar-refractivity contribution in [2.24, 2.45) is 4.99 Å². The average molecular weight is 623 g/mol. The van der Waals surface area contributed by atoms with Gasteiger partial charge in [0.15, 0.2) is 11.0 Å². The summed E-state index contributed by atoms with van der Waals surface area (Å²) < 4.78 is 42.7. The van der Waals surface area contributed by atoms with Crippen molar-refractivity contribution in [3.8, 4) is 22.8 Å². The van der Waals surface area contributed by atoms with Gasteiger partial charge in [0, 0.05) is 23.5 Å². The molecular formula is C32H33F3N6O2S. The summed E-state index contributed by atoms with van der Waals surface area (Å²) in [7, 11) is 0. The molecule has 0 saturated carbocycles. The van der Waals surface area contributed by atoms with Crippen molar-refractivity contribution in [3.63, 3.8) is 0 Å². The van der Waals surface area contributed by atoms with Crippen LogP contribution < -0.4 is 15.0 Å². The van der Waals surface area contributed by atoms with Gasteiger partial charge >= 0.3 is 12.4 Å². The Bertz CT molecular complexity index is 1650. The van der Waals surface area contributed by atoms with Crippen LogP contribution in [-0.4, -0.2) is 44.6 Å². The maximum absolute atomic E-state index is 13.1. The molecule has 44 heavy (non-hydrogen) atoms. The maximum Gasteiger partial charge on any atom is 0.573 e. The second-order valence-electron chi connectivity index (χ2n) is 11.0. The first kappa shape index (κ1) is 31.1. The summed E-state index contributed by atoms with van der Waals surface area (Å²) in [5.74, 6) is 0.986. The average Bonchev–Trinajstić information content (AvgIpc) is 3.64. The highest BCUT2D eigenvalue weighted by atomic mass is 32.2. The molecule has 5 rings (SSSR count). The second-order valence-corrected chi connectivity index (χ2v) is 12.0. The lowest BCUT2D eigenvalue weighted by Crippen LogP contribution is -2.40. The fourth-order valence-corrected chi connectivity index (χ4v) is 5.88. The van der Waals surface area contributed by atoms with E-state index in [1.807, 2.05) is 38.1 Å². The molecule has 12 heteroatoms. The summed E-state index contributed by atoms with van der Waals surface area (Å²) in [4.78, 5) is 24.1. The van der Waals surface area contributed by atoms with Crippen molar-refractivity contribution in [3.05, 3.63) is 89.7 Å². The number of carbonyl (C=O) groups excluding carboxylic acids is 1. The Kier molecular flexibility index (Phi) is 9.00. The normalized spacial score (nSPS) is 14.7. The van der Waals surface area contributed by atoms with Crippen LogP contribution >= 0.6 is 11.8 Å². The number of halogens is 3. The molecule has 3 aromatic carbocycles. The minimum Gasteiger partial charge on any atom is -0.406 e. The zero-order valence-electron chi connectivity index (χ0n) is 24.9. The van der Waals surface area contributed by atoms with Gasteiger partial charge < -0.3 is 15.0 Å². The van der Waals surface area contributed by atoms with Gasteiger partial charge in [-0.15, -0.1) is 18.3 Å². The van der Waals surface area contributed by atoms with E-state index in [9.17, 15) is 18.0 Å². The van der Waals surface area contributed by atoms with Gasteiger partial charge in [-0.25, -0.2) is 14.5 Å². The first-order chi connectivity index (χ1) is 20.9. The van der Waals surface area contributed by atoms with Crippen LogP contribution in [0.5, 0.6) is 5.75 Å². The number of anilines is 1. The Morgan fingerprint density at radius 1 is 1.07 bits per heavy atom. The number of hydrogen-bond donors (Lipinski definition) is 1. The van der Waals surface area contributed by atoms with Gasteiger partial charge in [-0.05, 0) is 74.2 Å². The van der Waals surface area contributed by atoms with E-state index in [4.69, 9.17) is 0 Å². The van der Waals surface area contributed by atoms with E-state index in [0.29, 0.717) is 16.7 Å². The molecule has 0 aliphatic carbocycles. The number of amidine groups is 1. The maximum atomic E-state index is 13.1.